The molecule has 0 unspecified atom stereocenters. The Morgan fingerprint density at radius 2 is 2.15 bits per heavy atom. The molecule has 0 spiro atoms. The molecular weight excluding hydrogens is 370 g/mol. The number of carbonyl (C=O) groups is 1. The minimum Gasteiger partial charge on any atom is -0.478 e. The summed E-state index contributed by atoms with van der Waals surface area (Å²) < 4.78 is 26.9. The van der Waals surface area contributed by atoms with Crippen molar-refractivity contribution in [2.45, 2.75) is 11.8 Å². The van der Waals surface area contributed by atoms with Crippen LogP contribution in [0, 0.1) is 6.92 Å². The van der Waals surface area contributed by atoms with Crippen molar-refractivity contribution < 1.29 is 18.3 Å². The standard InChI is InChI=1S/C10H8BrN3O4S2/c1-5-7(9(15)16)2-6(3-8(5)11)20(17,18)14-10-13-12-4-19-10/h2-4H,1H3,(H,13,14)(H,15,16). The van der Waals surface area contributed by atoms with Crippen molar-refractivity contribution in [3.8, 4) is 0 Å². The summed E-state index contributed by atoms with van der Waals surface area (Å²) in [4.78, 5) is 10.9. The molecule has 0 aliphatic rings. The van der Waals surface area contributed by atoms with Gasteiger partial charge in [-0.15, -0.1) is 10.2 Å². The van der Waals surface area contributed by atoms with Crippen LogP contribution in [0.15, 0.2) is 27.0 Å². The zero-order valence-corrected chi connectivity index (χ0v) is 13.2. The summed E-state index contributed by atoms with van der Waals surface area (Å²) in [5.41, 5.74) is 1.75. The maximum absolute atomic E-state index is 12.2. The summed E-state index contributed by atoms with van der Waals surface area (Å²) in [7, 11) is -3.91. The van der Waals surface area contributed by atoms with E-state index in [1.807, 2.05) is 0 Å². The first kappa shape index (κ1) is 14.9. The van der Waals surface area contributed by atoms with Crippen molar-refractivity contribution in [3.05, 3.63) is 33.2 Å². The van der Waals surface area contributed by atoms with Gasteiger partial charge in [-0.2, -0.15) is 0 Å². The van der Waals surface area contributed by atoms with Gasteiger partial charge in [-0.25, -0.2) is 13.2 Å². The van der Waals surface area contributed by atoms with E-state index in [4.69, 9.17) is 5.11 Å². The Morgan fingerprint density at radius 3 is 2.70 bits per heavy atom. The van der Waals surface area contributed by atoms with Gasteiger partial charge in [0.2, 0.25) is 5.13 Å². The number of sulfonamides is 1. The van der Waals surface area contributed by atoms with E-state index in [0.717, 1.165) is 17.4 Å². The highest BCUT2D eigenvalue weighted by atomic mass is 79.9. The summed E-state index contributed by atoms with van der Waals surface area (Å²) in [6.45, 7) is 1.59. The number of anilines is 1. The van der Waals surface area contributed by atoms with E-state index in [9.17, 15) is 13.2 Å². The van der Waals surface area contributed by atoms with Crippen LogP contribution in [0.3, 0.4) is 0 Å². The molecule has 1 aromatic carbocycles. The first-order valence-corrected chi connectivity index (χ1v) is 8.29. The van der Waals surface area contributed by atoms with Gasteiger partial charge in [0.25, 0.3) is 10.0 Å². The van der Waals surface area contributed by atoms with Crippen molar-refractivity contribution in [2.75, 3.05) is 4.72 Å². The number of aromatic carboxylic acids is 1. The summed E-state index contributed by atoms with van der Waals surface area (Å²) in [6, 6.07) is 2.44. The minimum atomic E-state index is -3.91. The smallest absolute Gasteiger partial charge is 0.336 e. The number of rotatable bonds is 4. The second-order valence-corrected chi connectivity index (χ2v) is 7.10. The molecule has 0 aliphatic carbocycles. The first-order chi connectivity index (χ1) is 9.31. The Kier molecular flexibility index (Phi) is 4.06. The van der Waals surface area contributed by atoms with Gasteiger partial charge in [0.05, 0.1) is 10.5 Å². The molecule has 0 atom stereocenters. The van der Waals surface area contributed by atoms with Crippen LogP contribution in [0.5, 0.6) is 0 Å². The van der Waals surface area contributed by atoms with E-state index >= 15 is 0 Å². The van der Waals surface area contributed by atoms with Crippen molar-refractivity contribution in [3.63, 3.8) is 0 Å². The number of nitrogens with zero attached hydrogens (tertiary/aromatic N) is 2. The molecule has 0 radical (unpaired) electrons. The number of carboxylic acid groups (broad SMARTS) is 1. The van der Waals surface area contributed by atoms with E-state index in [1.165, 1.54) is 11.6 Å². The van der Waals surface area contributed by atoms with Crippen LogP contribution in [0.25, 0.3) is 0 Å². The largest absolute Gasteiger partial charge is 0.478 e. The third-order valence-electron chi connectivity index (χ3n) is 2.44. The van der Waals surface area contributed by atoms with Crippen LogP contribution in [0.1, 0.15) is 15.9 Å². The van der Waals surface area contributed by atoms with Gasteiger partial charge in [0, 0.05) is 4.47 Å². The Hall–Kier alpha value is -1.52. The topological polar surface area (TPSA) is 109 Å². The van der Waals surface area contributed by atoms with Crippen molar-refractivity contribution in [2.24, 2.45) is 0 Å². The van der Waals surface area contributed by atoms with Crippen LogP contribution < -0.4 is 4.72 Å². The molecule has 106 valence electrons. The Balaban J connectivity index is 2.49. The average molecular weight is 378 g/mol. The third kappa shape index (κ3) is 2.97. The third-order valence-corrected chi connectivity index (χ3v) is 5.32. The second kappa shape index (κ2) is 5.46. The van der Waals surface area contributed by atoms with Crippen LogP contribution in [-0.4, -0.2) is 29.7 Å². The molecule has 0 aliphatic heterocycles. The van der Waals surface area contributed by atoms with Crippen molar-refractivity contribution in [1.82, 2.24) is 10.2 Å². The number of hydrogen-bond acceptors (Lipinski definition) is 6. The lowest BCUT2D eigenvalue weighted by atomic mass is 10.1. The van der Waals surface area contributed by atoms with Gasteiger partial charge in [0.1, 0.15) is 5.51 Å². The number of aromatic nitrogens is 2. The van der Waals surface area contributed by atoms with Gasteiger partial charge in [-0.1, -0.05) is 27.3 Å². The van der Waals surface area contributed by atoms with E-state index in [-0.39, 0.29) is 15.6 Å². The van der Waals surface area contributed by atoms with Gasteiger partial charge in [0.15, 0.2) is 0 Å². The van der Waals surface area contributed by atoms with Crippen LogP contribution >= 0.6 is 27.3 Å². The summed E-state index contributed by atoms with van der Waals surface area (Å²) in [5.74, 6) is -1.20. The maximum atomic E-state index is 12.2. The molecule has 0 fully saturated rings. The normalized spacial score (nSPS) is 11.3. The van der Waals surface area contributed by atoms with Crippen molar-refractivity contribution >= 4 is 48.4 Å². The number of carboxylic acids is 1. The van der Waals surface area contributed by atoms with Crippen LogP contribution in [0.4, 0.5) is 5.13 Å². The molecule has 1 heterocycles. The van der Waals surface area contributed by atoms with Crippen molar-refractivity contribution in [1.29, 1.82) is 0 Å². The molecule has 2 aromatic rings. The Labute approximate surface area is 126 Å². The number of nitrogens with one attached hydrogen (secondary N) is 1. The first-order valence-electron chi connectivity index (χ1n) is 5.13. The lowest BCUT2D eigenvalue weighted by Crippen LogP contribution is -2.14. The molecule has 0 saturated carbocycles. The molecule has 0 saturated heterocycles. The molecule has 2 rings (SSSR count). The molecule has 10 heteroatoms. The number of hydrogen-bond donors (Lipinski definition) is 2. The lowest BCUT2D eigenvalue weighted by molar-refractivity contribution is 0.0695. The zero-order chi connectivity index (χ0) is 14.9. The highest BCUT2D eigenvalue weighted by Crippen LogP contribution is 2.26. The lowest BCUT2D eigenvalue weighted by Gasteiger charge is -2.09. The van der Waals surface area contributed by atoms with Crippen LogP contribution in [0.2, 0.25) is 0 Å². The highest BCUT2D eigenvalue weighted by molar-refractivity contribution is 9.10. The molecule has 7 nitrogen and oxygen atoms in total. The quantitative estimate of drug-likeness (QED) is 0.844. The van der Waals surface area contributed by atoms with Gasteiger partial charge in [-0.05, 0) is 24.6 Å². The van der Waals surface area contributed by atoms with Crippen LogP contribution in [-0.2, 0) is 10.0 Å². The Bertz CT molecular complexity index is 759. The van der Waals surface area contributed by atoms with Gasteiger partial charge < -0.3 is 5.11 Å². The second-order valence-electron chi connectivity index (χ2n) is 3.73. The molecule has 1 aromatic heterocycles. The molecule has 2 N–H and O–H groups in total. The van der Waals surface area contributed by atoms with Gasteiger partial charge >= 0.3 is 5.97 Å². The van der Waals surface area contributed by atoms with E-state index in [0.29, 0.717) is 10.0 Å². The minimum absolute atomic E-state index is 0.0861. The van der Waals surface area contributed by atoms with E-state index in [2.05, 4.69) is 30.8 Å². The molecule has 0 amide bonds. The summed E-state index contributed by atoms with van der Waals surface area (Å²) in [6.07, 6.45) is 0. The maximum Gasteiger partial charge on any atom is 0.336 e. The van der Waals surface area contributed by atoms with Gasteiger partial charge in [-0.3, -0.25) is 4.72 Å². The fourth-order valence-electron chi connectivity index (χ4n) is 1.42. The highest BCUT2D eigenvalue weighted by Gasteiger charge is 2.21. The fourth-order valence-corrected chi connectivity index (χ4v) is 3.78. The number of benzene rings is 1. The fraction of sp³-hybridized carbons (Fsp3) is 0.100. The van der Waals surface area contributed by atoms with E-state index in [1.54, 1.807) is 6.92 Å². The monoisotopic (exact) mass is 377 g/mol. The molecular formula is C10H8BrN3O4S2. The average Bonchev–Trinajstić information content (AvgIpc) is 2.83. The zero-order valence-electron chi connectivity index (χ0n) is 9.99. The summed E-state index contributed by atoms with van der Waals surface area (Å²) in [5, 5.41) is 16.3. The number of halogens is 1. The SMILES string of the molecule is Cc1c(Br)cc(S(=O)(=O)Nc2nncs2)cc1C(=O)O. The Morgan fingerprint density at radius 1 is 1.45 bits per heavy atom. The summed E-state index contributed by atoms with van der Waals surface area (Å²) >= 11 is 4.18. The molecule has 20 heavy (non-hydrogen) atoms. The predicted molar refractivity (Wildman–Crippen MR) is 76.6 cm³/mol. The van der Waals surface area contributed by atoms with E-state index < -0.39 is 16.0 Å². The molecule has 0 bridgehead atoms. The predicted octanol–water partition coefficient (Wildman–Crippen LogP) is 2.11.